The molecule has 0 aliphatic carbocycles. The van der Waals surface area contributed by atoms with Crippen LogP contribution >= 0.6 is 0 Å². The second-order valence-corrected chi connectivity index (χ2v) is 7.07. The summed E-state index contributed by atoms with van der Waals surface area (Å²) in [5, 5.41) is 20.6. The normalized spacial score (nSPS) is 16.8. The number of hydrogen-bond donors (Lipinski definition) is 1. The lowest BCUT2D eigenvalue weighted by Crippen LogP contribution is -2.49. The summed E-state index contributed by atoms with van der Waals surface area (Å²) in [6, 6.07) is 0. The molecule has 0 saturated carbocycles. The number of carbonyl (C=O) groups excluding carboxylic acids is 2. The third kappa shape index (κ3) is 14.6. The van der Waals surface area contributed by atoms with E-state index in [-0.39, 0.29) is 12.3 Å². The average Bonchev–Trinajstić information content (AvgIpc) is 2.51. The summed E-state index contributed by atoms with van der Waals surface area (Å²) in [5.74, 6) is -1.87. The van der Waals surface area contributed by atoms with Crippen LogP contribution in [-0.4, -0.2) is 54.6 Å². The van der Waals surface area contributed by atoms with E-state index in [1.807, 2.05) is 0 Å². The van der Waals surface area contributed by atoms with E-state index in [2.05, 4.69) is 6.92 Å². The van der Waals surface area contributed by atoms with E-state index < -0.39 is 29.5 Å². The summed E-state index contributed by atoms with van der Waals surface area (Å²) < 4.78 is 23.1. The monoisotopic (exact) mass is 346 g/mol. The molecule has 5 nitrogen and oxygen atoms in total. The maximum Gasteiger partial charge on any atom is 0.186 e. The Balaban J connectivity index is 4.29. The third-order valence-electron chi connectivity index (χ3n) is 3.87. The first kappa shape index (κ1) is 17.9. The van der Waals surface area contributed by atoms with Crippen molar-refractivity contribution in [3.63, 3.8) is 0 Å². The largest absolute Gasteiger partial charge is 0.550 e. The fourth-order valence-electron chi connectivity index (χ4n) is 2.72. The Kier molecular flexibility index (Phi) is 9.95. The first-order valence-corrected chi connectivity index (χ1v) is 9.14. The number of hydrogen-bond acceptors (Lipinski definition) is 4. The minimum absolute atomic E-state index is 0.156. The highest BCUT2D eigenvalue weighted by Gasteiger charge is 2.23. The van der Waals surface area contributed by atoms with Gasteiger partial charge in [0.2, 0.25) is 0 Å². The summed E-state index contributed by atoms with van der Waals surface area (Å²) in [6.07, 6.45) is 6.50. The predicted molar refractivity (Wildman–Crippen MR) is 94.3 cm³/mol. The Bertz CT molecular complexity index is 468. The van der Waals surface area contributed by atoms with Crippen molar-refractivity contribution in [1.82, 2.24) is 0 Å². The molecule has 0 aromatic heterocycles. The molecule has 0 fully saturated rings. The molecule has 0 aromatic rings. The van der Waals surface area contributed by atoms with E-state index in [1.54, 1.807) is 0 Å². The molecule has 0 aliphatic heterocycles. The van der Waals surface area contributed by atoms with Gasteiger partial charge in [-0.3, -0.25) is 4.79 Å². The first-order valence-electron chi connectivity index (χ1n) is 10.6. The van der Waals surface area contributed by atoms with Crippen LogP contribution in [0.15, 0.2) is 0 Å². The lowest BCUT2D eigenvalue weighted by Gasteiger charge is -2.31. The lowest BCUT2D eigenvalue weighted by atomic mass is 10.1. The molecule has 0 aliphatic rings. The number of carbonyl (C=O) groups is 2. The Labute approximate surface area is 151 Å². The quantitative estimate of drug-likeness (QED) is 0.343. The SMILES string of the molecule is [2H]C([2H])([C@]([2H])(O)CC(=O)[O-])[N+](C)(C)CC(=O)CCCCCCCCCCC. The molecule has 0 unspecified atom stereocenters. The van der Waals surface area contributed by atoms with Gasteiger partial charge in [0.25, 0.3) is 0 Å². The van der Waals surface area contributed by atoms with E-state index in [4.69, 9.17) is 4.11 Å². The van der Waals surface area contributed by atoms with Crippen LogP contribution in [-0.2, 0) is 9.59 Å². The van der Waals surface area contributed by atoms with Gasteiger partial charge in [-0.1, -0.05) is 58.3 Å². The first-order chi connectivity index (χ1) is 12.4. The topological polar surface area (TPSA) is 77.4 Å². The molecule has 0 heterocycles. The van der Waals surface area contributed by atoms with Gasteiger partial charge < -0.3 is 19.5 Å². The van der Waals surface area contributed by atoms with Gasteiger partial charge in [0, 0.05) is 18.8 Å². The van der Waals surface area contributed by atoms with E-state index in [0.29, 0.717) is 6.42 Å². The van der Waals surface area contributed by atoms with Crippen molar-refractivity contribution < 1.29 is 28.4 Å². The van der Waals surface area contributed by atoms with Gasteiger partial charge in [0.1, 0.15) is 19.1 Å². The van der Waals surface area contributed by atoms with Gasteiger partial charge >= 0.3 is 0 Å². The van der Waals surface area contributed by atoms with Gasteiger partial charge in [0.15, 0.2) is 5.78 Å². The number of Topliss-reactive ketones (excluding diaryl/α,β-unsaturated/α-hetero) is 1. The summed E-state index contributed by atoms with van der Waals surface area (Å²) in [5.41, 5.74) is 0. The van der Waals surface area contributed by atoms with Crippen LogP contribution < -0.4 is 5.11 Å². The molecule has 0 aromatic carbocycles. The summed E-state index contributed by atoms with van der Waals surface area (Å²) in [6.45, 7) is -0.657. The molecule has 24 heavy (non-hydrogen) atoms. The minimum atomic E-state index is -2.88. The van der Waals surface area contributed by atoms with Crippen LogP contribution in [0.4, 0.5) is 0 Å². The lowest BCUT2D eigenvalue weighted by molar-refractivity contribution is -0.885. The van der Waals surface area contributed by atoms with Gasteiger partial charge in [-0.25, -0.2) is 0 Å². The molecule has 0 spiro atoms. The Morgan fingerprint density at radius 1 is 1.08 bits per heavy atom. The van der Waals surface area contributed by atoms with Gasteiger partial charge in [0.05, 0.1) is 18.2 Å². The highest BCUT2D eigenvalue weighted by Crippen LogP contribution is 2.11. The molecule has 5 heteroatoms. The van der Waals surface area contributed by atoms with Crippen LogP contribution in [0.3, 0.4) is 0 Å². The number of quaternary nitrogens is 1. The maximum absolute atomic E-state index is 12.2. The van der Waals surface area contributed by atoms with Crippen molar-refractivity contribution in [2.75, 3.05) is 27.1 Å². The van der Waals surface area contributed by atoms with E-state index in [0.717, 1.165) is 25.7 Å². The number of carboxylic acids is 1. The zero-order valence-electron chi connectivity index (χ0n) is 18.6. The number of unbranched alkanes of at least 4 members (excludes halogenated alkanes) is 8. The zero-order chi connectivity index (χ0) is 21.1. The molecule has 0 saturated heterocycles. The van der Waals surface area contributed by atoms with Crippen molar-refractivity contribution in [2.24, 2.45) is 0 Å². The van der Waals surface area contributed by atoms with E-state index in [1.165, 1.54) is 46.2 Å². The molecular formula is C19H37NO4. The fraction of sp³-hybridized carbons (Fsp3) is 0.895. The highest BCUT2D eigenvalue weighted by molar-refractivity contribution is 5.79. The molecule has 0 amide bonds. The Morgan fingerprint density at radius 2 is 1.58 bits per heavy atom. The number of nitrogens with zero attached hydrogens (tertiary/aromatic N) is 1. The van der Waals surface area contributed by atoms with Gasteiger partial charge in [-0.05, 0) is 6.42 Å². The summed E-state index contributed by atoms with van der Waals surface area (Å²) >= 11 is 0. The number of carboxylic acid groups (broad SMARTS) is 1. The number of ketones is 1. The molecule has 142 valence electrons. The van der Waals surface area contributed by atoms with E-state index >= 15 is 0 Å². The van der Waals surface area contributed by atoms with Crippen molar-refractivity contribution in [3.05, 3.63) is 0 Å². The van der Waals surface area contributed by atoms with Gasteiger partial charge in [-0.2, -0.15) is 0 Å². The zero-order valence-corrected chi connectivity index (χ0v) is 15.6. The van der Waals surface area contributed by atoms with Crippen molar-refractivity contribution in [3.8, 4) is 0 Å². The number of aliphatic hydroxyl groups is 1. The summed E-state index contributed by atoms with van der Waals surface area (Å²) in [4.78, 5) is 22.9. The van der Waals surface area contributed by atoms with Crippen LogP contribution in [0, 0.1) is 0 Å². The average molecular weight is 347 g/mol. The molecule has 0 rings (SSSR count). The second-order valence-electron chi connectivity index (χ2n) is 7.07. The van der Waals surface area contributed by atoms with Crippen molar-refractivity contribution >= 4 is 11.8 Å². The van der Waals surface area contributed by atoms with Crippen LogP contribution in [0.25, 0.3) is 0 Å². The number of rotatable bonds is 16. The third-order valence-corrected chi connectivity index (χ3v) is 3.87. The molecule has 1 N–H and O–H groups in total. The number of aliphatic carboxylic acids is 1. The second kappa shape index (κ2) is 13.4. The Morgan fingerprint density at radius 3 is 2.08 bits per heavy atom. The highest BCUT2D eigenvalue weighted by atomic mass is 16.4. The van der Waals surface area contributed by atoms with E-state index in [9.17, 15) is 19.8 Å². The Hall–Kier alpha value is -0.940. The van der Waals surface area contributed by atoms with Gasteiger partial charge in [-0.15, -0.1) is 0 Å². The van der Waals surface area contributed by atoms with Crippen LogP contribution in [0.1, 0.15) is 81.7 Å². The summed E-state index contributed by atoms with van der Waals surface area (Å²) in [7, 11) is 2.76. The van der Waals surface area contributed by atoms with Crippen molar-refractivity contribution in [1.29, 1.82) is 0 Å². The molecule has 0 radical (unpaired) electrons. The standard InChI is InChI=1S/C19H37NO4/c1-4-5-6-7-8-9-10-11-12-13-17(21)15-20(2,3)16-18(22)14-19(23)24/h18,22H,4-16H2,1-3H3/t18-/m1/s1/i16D2,18D. The molecule has 0 bridgehead atoms. The fourth-order valence-corrected chi connectivity index (χ4v) is 2.72. The predicted octanol–water partition coefficient (Wildman–Crippen LogP) is 2.05. The molecular weight excluding hydrogens is 306 g/mol. The minimum Gasteiger partial charge on any atom is -0.550 e. The molecule has 1 atom stereocenters. The van der Waals surface area contributed by atoms with Crippen molar-refractivity contribution in [2.45, 2.75) is 83.6 Å². The number of likely N-dealkylation sites (N-methyl/N-ethyl adjacent to an activating group) is 1. The maximum atomic E-state index is 12.2. The smallest absolute Gasteiger partial charge is 0.186 e. The van der Waals surface area contributed by atoms with Crippen LogP contribution in [0.2, 0.25) is 0 Å². The van der Waals surface area contributed by atoms with Crippen LogP contribution in [0.5, 0.6) is 0 Å².